The van der Waals surface area contributed by atoms with Gasteiger partial charge in [0.1, 0.15) is 0 Å². The van der Waals surface area contributed by atoms with Crippen molar-refractivity contribution in [1.82, 2.24) is 0 Å². The molecule has 19 heavy (non-hydrogen) atoms. The Labute approximate surface area is 110 Å². The maximum atomic E-state index is 9.88. The van der Waals surface area contributed by atoms with Gasteiger partial charge in [0.05, 0.1) is 30.3 Å². The fraction of sp³-hybridized carbons (Fsp3) is 0.562. The maximum absolute atomic E-state index is 9.88. The summed E-state index contributed by atoms with van der Waals surface area (Å²) in [6.45, 7) is 0.193. The average Bonchev–Trinajstić information content (AvgIpc) is 2.63. The fourth-order valence-electron chi connectivity index (χ4n) is 6.77. The van der Waals surface area contributed by atoms with Crippen molar-refractivity contribution in [3.05, 3.63) is 35.4 Å². The Morgan fingerprint density at radius 2 is 2.05 bits per heavy atom. The number of aliphatic hydroxyl groups excluding tert-OH is 1. The summed E-state index contributed by atoms with van der Waals surface area (Å²) in [5, 5.41) is 19.7. The topological polar surface area (TPSA) is 53.2 Å². The van der Waals surface area contributed by atoms with Gasteiger partial charge in [0, 0.05) is 23.2 Å². The minimum absolute atomic E-state index is 0.0743. The molecular formula is C16H13NO2. The number of hydrogen-bond donors (Lipinski definition) is 1. The van der Waals surface area contributed by atoms with Gasteiger partial charge < -0.3 is 9.84 Å². The lowest BCUT2D eigenvalue weighted by atomic mass is 9.17. The van der Waals surface area contributed by atoms with E-state index in [0.717, 1.165) is 0 Å². The summed E-state index contributed by atoms with van der Waals surface area (Å²) >= 11 is 0. The number of benzene rings is 1. The molecule has 1 aliphatic heterocycles. The monoisotopic (exact) mass is 251 g/mol. The molecule has 0 radical (unpaired) electrons. The summed E-state index contributed by atoms with van der Waals surface area (Å²) < 4.78 is 6.26. The van der Waals surface area contributed by atoms with Gasteiger partial charge in [-0.15, -0.1) is 0 Å². The Morgan fingerprint density at radius 3 is 2.79 bits per heavy atom. The zero-order chi connectivity index (χ0) is 12.6. The lowest BCUT2D eigenvalue weighted by Gasteiger charge is -2.82. The minimum atomic E-state index is -0.223. The first-order valence-corrected chi connectivity index (χ1v) is 7.08. The predicted molar refractivity (Wildman–Crippen MR) is 65.1 cm³/mol. The molecule has 1 aromatic rings. The van der Waals surface area contributed by atoms with Gasteiger partial charge in [-0.3, -0.25) is 0 Å². The highest BCUT2D eigenvalue weighted by atomic mass is 16.5. The molecule has 1 aromatic carbocycles. The summed E-state index contributed by atoms with van der Waals surface area (Å²) in [7, 11) is 0. The molecule has 5 aliphatic rings. The molecule has 4 fully saturated rings. The van der Waals surface area contributed by atoms with Crippen LogP contribution in [0.1, 0.15) is 23.0 Å². The molecule has 8 atom stereocenters. The van der Waals surface area contributed by atoms with Crippen LogP contribution in [-0.2, 0) is 4.74 Å². The quantitative estimate of drug-likeness (QED) is 0.820. The standard InChI is InChI=1S/C16H13NO2/c17-5-15-10-8-4-2-1-3-7(8)9-12(15)16(6-18)13(15)11(10)19-14(9)16/h1-4,9-14,18H,6H2/t9-,10-,11+,12-,13+,14-,15+,16-/m0/s1. The smallest absolute Gasteiger partial charge is 0.0769 e. The molecule has 4 aliphatic carbocycles. The summed E-state index contributed by atoms with van der Waals surface area (Å²) in [4.78, 5) is 0. The third-order valence-corrected chi connectivity index (χ3v) is 7.04. The molecule has 0 spiro atoms. The number of rotatable bonds is 1. The number of hydrogen-bond acceptors (Lipinski definition) is 3. The highest BCUT2D eigenvalue weighted by molar-refractivity contribution is 5.60. The van der Waals surface area contributed by atoms with Gasteiger partial charge in [0.2, 0.25) is 0 Å². The largest absolute Gasteiger partial charge is 0.396 e. The van der Waals surface area contributed by atoms with E-state index in [2.05, 4.69) is 30.3 Å². The third kappa shape index (κ3) is 0.561. The molecule has 3 saturated carbocycles. The van der Waals surface area contributed by atoms with Crippen molar-refractivity contribution < 1.29 is 9.84 Å². The SMILES string of the molecule is N#C[C@@]12[C@H]3[C@@H]4O[C@H]5[C@@H](c6ccccc6[C@@H]41)[C@@H]2[C@@]35CO. The van der Waals surface area contributed by atoms with E-state index in [1.54, 1.807) is 0 Å². The Kier molecular flexibility index (Phi) is 1.17. The van der Waals surface area contributed by atoms with Crippen LogP contribution in [0.25, 0.3) is 0 Å². The number of ether oxygens (including phenoxy) is 1. The van der Waals surface area contributed by atoms with Crippen molar-refractivity contribution >= 4 is 0 Å². The van der Waals surface area contributed by atoms with Crippen LogP contribution >= 0.6 is 0 Å². The van der Waals surface area contributed by atoms with E-state index in [1.165, 1.54) is 11.1 Å². The molecule has 0 unspecified atom stereocenters. The zero-order valence-electron chi connectivity index (χ0n) is 10.3. The molecule has 3 nitrogen and oxygen atoms in total. The molecule has 0 amide bonds. The first kappa shape index (κ1) is 9.52. The van der Waals surface area contributed by atoms with Gasteiger partial charge in [-0.1, -0.05) is 24.3 Å². The fourth-order valence-corrected chi connectivity index (χ4v) is 6.77. The zero-order valence-corrected chi connectivity index (χ0v) is 10.3. The van der Waals surface area contributed by atoms with Crippen LogP contribution in [0.4, 0.5) is 0 Å². The Balaban J connectivity index is 1.70. The van der Waals surface area contributed by atoms with E-state index in [-0.39, 0.29) is 35.6 Å². The Morgan fingerprint density at radius 1 is 1.26 bits per heavy atom. The molecule has 0 aromatic heterocycles. The third-order valence-electron chi connectivity index (χ3n) is 7.04. The molecule has 1 heterocycles. The van der Waals surface area contributed by atoms with E-state index in [1.807, 2.05) is 0 Å². The highest BCUT2D eigenvalue weighted by Crippen LogP contribution is 2.94. The van der Waals surface area contributed by atoms with Crippen LogP contribution in [0.5, 0.6) is 0 Å². The van der Waals surface area contributed by atoms with Crippen LogP contribution in [0.3, 0.4) is 0 Å². The summed E-state index contributed by atoms with van der Waals surface area (Å²) in [6, 6.07) is 11.2. The van der Waals surface area contributed by atoms with Gasteiger partial charge >= 0.3 is 0 Å². The van der Waals surface area contributed by atoms with E-state index in [0.29, 0.717) is 17.8 Å². The van der Waals surface area contributed by atoms with Crippen LogP contribution in [0.15, 0.2) is 24.3 Å². The van der Waals surface area contributed by atoms with Crippen LogP contribution in [0.2, 0.25) is 0 Å². The van der Waals surface area contributed by atoms with Crippen LogP contribution < -0.4 is 0 Å². The van der Waals surface area contributed by atoms with Crippen molar-refractivity contribution in [2.45, 2.75) is 24.0 Å². The maximum Gasteiger partial charge on any atom is 0.0769 e. The molecular weight excluding hydrogens is 238 g/mol. The normalized spacial score (nSPS) is 60.2. The van der Waals surface area contributed by atoms with Gasteiger partial charge in [-0.25, -0.2) is 0 Å². The molecule has 3 heteroatoms. The highest BCUT2D eigenvalue weighted by Gasteiger charge is 2.97. The van der Waals surface area contributed by atoms with E-state index in [4.69, 9.17) is 4.74 Å². The van der Waals surface area contributed by atoms with Crippen LogP contribution in [0, 0.1) is 34.0 Å². The molecule has 94 valence electrons. The average molecular weight is 251 g/mol. The second-order valence-corrected chi connectivity index (χ2v) is 6.92. The van der Waals surface area contributed by atoms with Crippen molar-refractivity contribution in [3.63, 3.8) is 0 Å². The predicted octanol–water partition coefficient (Wildman–Crippen LogP) is 1.40. The second-order valence-electron chi connectivity index (χ2n) is 6.92. The van der Waals surface area contributed by atoms with Gasteiger partial charge in [0.25, 0.3) is 0 Å². The van der Waals surface area contributed by atoms with Gasteiger partial charge in [0.15, 0.2) is 0 Å². The van der Waals surface area contributed by atoms with Gasteiger partial charge in [-0.2, -0.15) is 5.26 Å². The van der Waals surface area contributed by atoms with Crippen molar-refractivity contribution in [2.75, 3.05) is 6.61 Å². The molecule has 6 rings (SSSR count). The van der Waals surface area contributed by atoms with E-state index in [9.17, 15) is 10.4 Å². The van der Waals surface area contributed by atoms with Crippen molar-refractivity contribution in [1.29, 1.82) is 5.26 Å². The lowest BCUT2D eigenvalue weighted by Crippen LogP contribution is -2.85. The lowest BCUT2D eigenvalue weighted by molar-refractivity contribution is -0.314. The number of nitriles is 1. The van der Waals surface area contributed by atoms with E-state index < -0.39 is 0 Å². The summed E-state index contributed by atoms with van der Waals surface area (Å²) in [5.41, 5.74) is 2.44. The van der Waals surface area contributed by atoms with Crippen molar-refractivity contribution in [3.8, 4) is 6.07 Å². The molecule has 1 saturated heterocycles. The second kappa shape index (κ2) is 2.34. The minimum Gasteiger partial charge on any atom is -0.396 e. The van der Waals surface area contributed by atoms with Crippen LogP contribution in [-0.4, -0.2) is 23.9 Å². The molecule has 1 N–H and O–H groups in total. The molecule has 0 bridgehead atoms. The first-order valence-electron chi connectivity index (χ1n) is 7.08. The number of aliphatic hydroxyl groups is 1. The Bertz CT molecular complexity index is 694. The number of nitrogens with zero attached hydrogens (tertiary/aromatic N) is 1. The first-order chi connectivity index (χ1) is 9.32. The van der Waals surface area contributed by atoms with Gasteiger partial charge in [-0.05, 0) is 17.0 Å². The Hall–Kier alpha value is -1.37. The summed E-state index contributed by atoms with van der Waals surface area (Å²) in [6.07, 6.45) is 0.342. The summed E-state index contributed by atoms with van der Waals surface area (Å²) in [5.74, 6) is 1.23. The van der Waals surface area contributed by atoms with Crippen molar-refractivity contribution in [2.24, 2.45) is 22.7 Å². The van der Waals surface area contributed by atoms with E-state index >= 15 is 0 Å². The number of fused-ring (bicyclic) bond motifs is 5.